The van der Waals surface area contributed by atoms with Crippen molar-refractivity contribution in [2.45, 2.75) is 0 Å². The highest BCUT2D eigenvalue weighted by molar-refractivity contribution is 5.88. The fourth-order valence-electron chi connectivity index (χ4n) is 2.07. The summed E-state index contributed by atoms with van der Waals surface area (Å²) >= 11 is 0. The molecule has 0 fully saturated rings. The zero-order valence-corrected chi connectivity index (χ0v) is 12.6. The molecule has 3 rings (SSSR count). The molecule has 0 radical (unpaired) electrons. The summed E-state index contributed by atoms with van der Waals surface area (Å²) in [6.07, 6.45) is 4.69. The zero-order chi connectivity index (χ0) is 16.1. The molecule has 0 amide bonds. The topological polar surface area (TPSA) is 93.7 Å². The number of nitrogens with zero attached hydrogens (tertiary/aromatic N) is 3. The number of anilines is 1. The normalized spacial score (nSPS) is 11.0. The van der Waals surface area contributed by atoms with Crippen molar-refractivity contribution in [1.29, 1.82) is 0 Å². The third-order valence-electron chi connectivity index (χ3n) is 3.07. The van der Waals surface area contributed by atoms with Gasteiger partial charge in [0, 0.05) is 17.1 Å². The molecule has 0 bridgehead atoms. The van der Waals surface area contributed by atoms with E-state index in [1.54, 1.807) is 0 Å². The highest BCUT2D eigenvalue weighted by Crippen LogP contribution is 2.28. The Morgan fingerprint density at radius 3 is 2.96 bits per heavy atom. The summed E-state index contributed by atoms with van der Waals surface area (Å²) in [5.41, 5.74) is 4.19. The highest BCUT2D eigenvalue weighted by Gasteiger charge is 2.12. The molecule has 2 N–H and O–H groups in total. The monoisotopic (exact) mass is 313 g/mol. The minimum absolute atomic E-state index is 0.329. The molecule has 3 aromatic rings. The van der Waals surface area contributed by atoms with E-state index in [-0.39, 0.29) is 0 Å². The summed E-state index contributed by atoms with van der Waals surface area (Å²) in [6.45, 7) is 0. The molecular formula is C15H15N5O3. The average molecular weight is 313 g/mol. The summed E-state index contributed by atoms with van der Waals surface area (Å²) in [6, 6.07) is 7.66. The molecular weight excluding hydrogens is 298 g/mol. The Bertz CT molecular complexity index is 831. The number of benzene rings is 1. The number of aromatic amines is 1. The Balaban J connectivity index is 1.97. The van der Waals surface area contributed by atoms with Crippen LogP contribution in [-0.4, -0.2) is 35.4 Å². The first kappa shape index (κ1) is 14.8. The number of aromatic nitrogens is 3. The van der Waals surface area contributed by atoms with Crippen molar-refractivity contribution in [2.75, 3.05) is 19.7 Å². The predicted molar refractivity (Wildman–Crippen MR) is 85.6 cm³/mol. The summed E-state index contributed by atoms with van der Waals surface area (Å²) < 4.78 is 5.86. The van der Waals surface area contributed by atoms with Gasteiger partial charge in [-0.05, 0) is 24.3 Å². The molecule has 1 aromatic carbocycles. The van der Waals surface area contributed by atoms with Crippen LogP contribution in [0.4, 0.5) is 5.82 Å². The number of rotatable bonds is 6. The number of ether oxygens (including phenoxy) is 1. The largest absolute Gasteiger partial charge is 0.438 e. The van der Waals surface area contributed by atoms with E-state index in [4.69, 9.17) is 14.4 Å². The lowest BCUT2D eigenvalue weighted by atomic mass is 10.2. The molecule has 0 saturated carbocycles. The number of nitrogens with one attached hydrogen (secondary N) is 2. The van der Waals surface area contributed by atoms with Crippen molar-refractivity contribution in [3.63, 3.8) is 0 Å². The predicted octanol–water partition coefficient (Wildman–Crippen LogP) is 2.70. The van der Waals surface area contributed by atoms with Gasteiger partial charge in [0.05, 0.1) is 13.3 Å². The number of H-pyrrole nitrogens is 1. The second-order valence-corrected chi connectivity index (χ2v) is 4.49. The number of oxime groups is 1. The van der Waals surface area contributed by atoms with Crippen molar-refractivity contribution in [3.05, 3.63) is 42.4 Å². The van der Waals surface area contributed by atoms with Crippen molar-refractivity contribution in [2.24, 2.45) is 5.16 Å². The summed E-state index contributed by atoms with van der Waals surface area (Å²) in [7, 11) is 2.93. The van der Waals surface area contributed by atoms with Crippen LogP contribution in [0.2, 0.25) is 0 Å². The summed E-state index contributed by atoms with van der Waals surface area (Å²) in [5.74, 6) is 1.39. The molecule has 0 aliphatic heterocycles. The quantitative estimate of drug-likeness (QED) is 0.537. The maximum atomic E-state index is 5.86. The number of fused-ring (bicyclic) bond motifs is 1. The van der Waals surface area contributed by atoms with Crippen molar-refractivity contribution in [3.8, 4) is 11.6 Å². The average Bonchev–Trinajstić information content (AvgIpc) is 3.02. The third-order valence-corrected chi connectivity index (χ3v) is 3.07. The van der Waals surface area contributed by atoms with Crippen LogP contribution in [0.15, 0.2) is 41.9 Å². The minimum Gasteiger partial charge on any atom is -0.438 e. The van der Waals surface area contributed by atoms with Crippen LogP contribution < -0.4 is 10.2 Å². The van der Waals surface area contributed by atoms with E-state index in [1.165, 1.54) is 26.8 Å². The van der Waals surface area contributed by atoms with Crippen LogP contribution in [0.1, 0.15) is 5.56 Å². The number of hydrogen-bond donors (Lipinski definition) is 2. The second kappa shape index (κ2) is 6.75. The van der Waals surface area contributed by atoms with E-state index in [0.717, 1.165) is 10.9 Å². The van der Waals surface area contributed by atoms with Crippen LogP contribution >= 0.6 is 0 Å². The van der Waals surface area contributed by atoms with E-state index >= 15 is 0 Å². The van der Waals surface area contributed by atoms with Gasteiger partial charge in [-0.1, -0.05) is 5.16 Å². The fourth-order valence-corrected chi connectivity index (χ4v) is 2.07. The molecule has 0 aliphatic carbocycles. The van der Waals surface area contributed by atoms with Crippen LogP contribution in [0.5, 0.6) is 11.6 Å². The lowest BCUT2D eigenvalue weighted by Gasteiger charge is -2.11. The standard InChI is InChI=1S/C15H15N5O3/c1-21-19-8-12-14(20-22-2)17-9-18-15(12)23-11-3-4-13-10(7-11)5-6-16-13/h3-9,16H,1-2H3,(H,17,18,20). The lowest BCUT2D eigenvalue weighted by Crippen LogP contribution is -2.05. The van der Waals surface area contributed by atoms with Gasteiger partial charge in [0.25, 0.3) is 0 Å². The van der Waals surface area contributed by atoms with Gasteiger partial charge < -0.3 is 14.6 Å². The SMILES string of the molecule is CON=Cc1c(NOC)ncnc1Oc1ccc2[nH]ccc2c1. The molecule has 0 aliphatic rings. The smallest absolute Gasteiger partial charge is 0.233 e. The zero-order valence-electron chi connectivity index (χ0n) is 12.6. The molecule has 0 saturated heterocycles. The maximum absolute atomic E-state index is 5.86. The first-order valence-corrected chi connectivity index (χ1v) is 6.77. The molecule has 2 aromatic heterocycles. The first-order valence-electron chi connectivity index (χ1n) is 6.77. The van der Waals surface area contributed by atoms with Gasteiger partial charge >= 0.3 is 0 Å². The van der Waals surface area contributed by atoms with Gasteiger partial charge in [-0.25, -0.2) is 15.4 Å². The molecule has 23 heavy (non-hydrogen) atoms. The Labute approximate surface area is 132 Å². The van der Waals surface area contributed by atoms with Crippen LogP contribution in [0.3, 0.4) is 0 Å². The van der Waals surface area contributed by atoms with E-state index < -0.39 is 0 Å². The molecule has 118 valence electrons. The van der Waals surface area contributed by atoms with Crippen molar-refractivity contribution < 1.29 is 14.4 Å². The highest BCUT2D eigenvalue weighted by atomic mass is 16.6. The van der Waals surface area contributed by atoms with E-state index in [0.29, 0.717) is 23.0 Å². The van der Waals surface area contributed by atoms with E-state index in [2.05, 4.69) is 25.6 Å². The van der Waals surface area contributed by atoms with E-state index in [1.807, 2.05) is 30.5 Å². The summed E-state index contributed by atoms with van der Waals surface area (Å²) in [4.78, 5) is 21.0. The van der Waals surface area contributed by atoms with Crippen LogP contribution in [-0.2, 0) is 9.68 Å². The van der Waals surface area contributed by atoms with Gasteiger partial charge in [0.15, 0.2) is 5.82 Å². The molecule has 0 unspecified atom stereocenters. The molecule has 0 atom stereocenters. The lowest BCUT2D eigenvalue weighted by molar-refractivity contribution is 0.215. The van der Waals surface area contributed by atoms with Crippen molar-refractivity contribution in [1.82, 2.24) is 15.0 Å². The van der Waals surface area contributed by atoms with Gasteiger partial charge in [0.2, 0.25) is 5.88 Å². The first-order chi connectivity index (χ1) is 11.3. The van der Waals surface area contributed by atoms with Crippen LogP contribution in [0.25, 0.3) is 10.9 Å². The summed E-state index contributed by atoms with van der Waals surface area (Å²) in [5, 5.41) is 4.78. The Morgan fingerprint density at radius 1 is 1.22 bits per heavy atom. The maximum Gasteiger partial charge on any atom is 0.233 e. The second-order valence-electron chi connectivity index (χ2n) is 4.49. The van der Waals surface area contributed by atoms with E-state index in [9.17, 15) is 0 Å². The van der Waals surface area contributed by atoms with Gasteiger partial charge in [-0.15, -0.1) is 0 Å². The van der Waals surface area contributed by atoms with Gasteiger partial charge in [-0.3, -0.25) is 4.84 Å². The fraction of sp³-hybridized carbons (Fsp3) is 0.133. The molecule has 8 heteroatoms. The Kier molecular flexibility index (Phi) is 4.34. The number of hydrogen-bond acceptors (Lipinski definition) is 7. The van der Waals surface area contributed by atoms with Crippen molar-refractivity contribution >= 4 is 22.9 Å². The van der Waals surface area contributed by atoms with Crippen LogP contribution in [0, 0.1) is 0 Å². The molecule has 2 heterocycles. The molecule has 8 nitrogen and oxygen atoms in total. The van der Waals surface area contributed by atoms with Gasteiger partial charge in [-0.2, -0.15) is 0 Å². The Hall–Kier alpha value is -3.13. The Morgan fingerprint density at radius 2 is 2.13 bits per heavy atom. The minimum atomic E-state index is 0.329. The van der Waals surface area contributed by atoms with Gasteiger partial charge in [0.1, 0.15) is 24.8 Å². The molecule has 0 spiro atoms. The third kappa shape index (κ3) is 3.22.